The molecule has 1 heterocycles. The number of aryl methyl sites for hydroxylation is 1. The Morgan fingerprint density at radius 2 is 2.05 bits per heavy atom. The molecule has 3 rings (SSSR count). The monoisotopic (exact) mass is 270 g/mol. The molecule has 0 aliphatic heterocycles. The third kappa shape index (κ3) is 3.42. The number of nitrogens with zero attached hydrogens (tertiary/aromatic N) is 1. The summed E-state index contributed by atoms with van der Waals surface area (Å²) in [5, 5.41) is 3.53. The molecule has 106 valence electrons. The van der Waals surface area contributed by atoms with Crippen LogP contribution >= 0.6 is 0 Å². The van der Waals surface area contributed by atoms with Crippen molar-refractivity contribution in [1.82, 2.24) is 4.90 Å². The first-order chi connectivity index (χ1) is 9.83. The van der Waals surface area contributed by atoms with E-state index in [1.54, 1.807) is 6.26 Å². The van der Waals surface area contributed by atoms with E-state index in [1.807, 2.05) is 6.07 Å². The van der Waals surface area contributed by atoms with Crippen LogP contribution in [0.3, 0.4) is 0 Å². The van der Waals surface area contributed by atoms with Gasteiger partial charge in [0.25, 0.3) is 0 Å². The maximum absolute atomic E-state index is 5.46. The first-order valence-corrected chi connectivity index (χ1v) is 7.39. The molecule has 3 nitrogen and oxygen atoms in total. The van der Waals surface area contributed by atoms with Crippen LogP contribution in [0.15, 0.2) is 47.1 Å². The van der Waals surface area contributed by atoms with E-state index in [2.05, 4.69) is 47.5 Å². The molecule has 0 saturated heterocycles. The van der Waals surface area contributed by atoms with Crippen molar-refractivity contribution in [3.05, 3.63) is 54.0 Å². The fraction of sp³-hybridized carbons (Fsp3) is 0.412. The van der Waals surface area contributed by atoms with Crippen LogP contribution in [0, 0.1) is 6.92 Å². The van der Waals surface area contributed by atoms with Crippen LogP contribution < -0.4 is 5.32 Å². The van der Waals surface area contributed by atoms with E-state index in [9.17, 15) is 0 Å². The molecule has 0 atom stereocenters. The molecule has 1 fully saturated rings. The van der Waals surface area contributed by atoms with Crippen molar-refractivity contribution in [2.75, 3.05) is 18.4 Å². The van der Waals surface area contributed by atoms with Gasteiger partial charge in [-0.1, -0.05) is 18.2 Å². The molecule has 0 bridgehead atoms. The van der Waals surface area contributed by atoms with Crippen LogP contribution in [0.1, 0.15) is 24.2 Å². The third-order valence-electron chi connectivity index (χ3n) is 3.86. The molecule has 2 aromatic rings. The molecule has 1 N–H and O–H groups in total. The molecular formula is C17H22N2O. The minimum Gasteiger partial charge on any atom is -0.468 e. The number of furan rings is 1. The van der Waals surface area contributed by atoms with Crippen LogP contribution in [-0.2, 0) is 6.54 Å². The van der Waals surface area contributed by atoms with Crippen molar-refractivity contribution in [3.8, 4) is 0 Å². The Bertz CT molecular complexity index is 532. The Hall–Kier alpha value is -1.74. The fourth-order valence-electron chi connectivity index (χ4n) is 2.54. The van der Waals surface area contributed by atoms with Crippen molar-refractivity contribution in [2.45, 2.75) is 32.4 Å². The molecule has 1 aliphatic rings. The normalized spacial score (nSPS) is 14.7. The number of anilines is 1. The second kappa shape index (κ2) is 6.14. The van der Waals surface area contributed by atoms with E-state index in [0.717, 1.165) is 31.4 Å². The van der Waals surface area contributed by atoms with Gasteiger partial charge in [-0.2, -0.15) is 0 Å². The van der Waals surface area contributed by atoms with Crippen LogP contribution in [0.25, 0.3) is 0 Å². The molecule has 0 amide bonds. The van der Waals surface area contributed by atoms with Crippen molar-refractivity contribution < 1.29 is 4.42 Å². The highest BCUT2D eigenvalue weighted by Crippen LogP contribution is 2.28. The van der Waals surface area contributed by atoms with Gasteiger partial charge in [-0.25, -0.2) is 0 Å². The van der Waals surface area contributed by atoms with E-state index < -0.39 is 0 Å². The van der Waals surface area contributed by atoms with Crippen LogP contribution in [0.4, 0.5) is 5.69 Å². The standard InChI is InChI=1S/C17H22N2O/c1-14-5-2-3-7-17(14)18-10-11-19(15-8-9-15)13-16-6-4-12-20-16/h2-7,12,15,18H,8-11,13H2,1H3. The molecule has 1 aliphatic carbocycles. The van der Waals surface area contributed by atoms with Crippen molar-refractivity contribution in [1.29, 1.82) is 0 Å². The summed E-state index contributed by atoms with van der Waals surface area (Å²) in [6, 6.07) is 13.2. The lowest BCUT2D eigenvalue weighted by molar-refractivity contribution is 0.242. The van der Waals surface area contributed by atoms with E-state index >= 15 is 0 Å². The van der Waals surface area contributed by atoms with Gasteiger partial charge >= 0.3 is 0 Å². The number of rotatable bonds is 7. The molecule has 3 heteroatoms. The zero-order valence-electron chi connectivity index (χ0n) is 12.0. The average Bonchev–Trinajstić information content (AvgIpc) is 3.18. The lowest BCUT2D eigenvalue weighted by Gasteiger charge is -2.21. The molecule has 1 aromatic heterocycles. The zero-order valence-corrected chi connectivity index (χ0v) is 12.0. The van der Waals surface area contributed by atoms with Gasteiger partial charge in [-0.3, -0.25) is 4.90 Å². The maximum atomic E-state index is 5.46. The molecule has 0 spiro atoms. The van der Waals surface area contributed by atoms with Crippen molar-refractivity contribution >= 4 is 5.69 Å². The summed E-state index contributed by atoms with van der Waals surface area (Å²) in [6.45, 7) is 5.10. The summed E-state index contributed by atoms with van der Waals surface area (Å²) in [6.07, 6.45) is 4.40. The van der Waals surface area contributed by atoms with Gasteiger partial charge in [0.05, 0.1) is 12.8 Å². The fourth-order valence-corrected chi connectivity index (χ4v) is 2.54. The molecule has 0 radical (unpaired) electrons. The van der Waals surface area contributed by atoms with Crippen LogP contribution in [0.5, 0.6) is 0 Å². The number of hydrogen-bond acceptors (Lipinski definition) is 3. The highest BCUT2D eigenvalue weighted by molar-refractivity contribution is 5.50. The molecule has 1 saturated carbocycles. The summed E-state index contributed by atoms with van der Waals surface area (Å²) in [5.41, 5.74) is 2.54. The van der Waals surface area contributed by atoms with Crippen molar-refractivity contribution in [3.63, 3.8) is 0 Å². The third-order valence-corrected chi connectivity index (χ3v) is 3.86. The number of hydrogen-bond donors (Lipinski definition) is 1. The second-order valence-electron chi connectivity index (χ2n) is 5.52. The SMILES string of the molecule is Cc1ccccc1NCCN(Cc1ccco1)C1CC1. The molecule has 0 unspecified atom stereocenters. The Balaban J connectivity index is 1.51. The number of nitrogens with one attached hydrogen (secondary N) is 1. The topological polar surface area (TPSA) is 28.4 Å². The van der Waals surface area contributed by atoms with Crippen LogP contribution in [-0.4, -0.2) is 24.0 Å². The van der Waals surface area contributed by atoms with Gasteiger partial charge in [0, 0.05) is 24.8 Å². The second-order valence-corrected chi connectivity index (χ2v) is 5.52. The Labute approximate surface area is 120 Å². The van der Waals surface area contributed by atoms with E-state index in [1.165, 1.54) is 24.1 Å². The Morgan fingerprint density at radius 3 is 2.75 bits per heavy atom. The lowest BCUT2D eigenvalue weighted by Crippen LogP contribution is -2.30. The zero-order chi connectivity index (χ0) is 13.8. The predicted octanol–water partition coefficient (Wildman–Crippen LogP) is 3.66. The summed E-state index contributed by atoms with van der Waals surface area (Å²) in [5.74, 6) is 1.06. The lowest BCUT2D eigenvalue weighted by atomic mass is 10.2. The van der Waals surface area contributed by atoms with Gasteiger partial charge in [-0.05, 0) is 43.5 Å². The summed E-state index contributed by atoms with van der Waals surface area (Å²) < 4.78 is 5.46. The maximum Gasteiger partial charge on any atom is 0.117 e. The Morgan fingerprint density at radius 1 is 1.20 bits per heavy atom. The molecule has 20 heavy (non-hydrogen) atoms. The van der Waals surface area contributed by atoms with Crippen LogP contribution in [0.2, 0.25) is 0 Å². The summed E-state index contributed by atoms with van der Waals surface area (Å²) >= 11 is 0. The smallest absolute Gasteiger partial charge is 0.117 e. The van der Waals surface area contributed by atoms with Crippen molar-refractivity contribution in [2.24, 2.45) is 0 Å². The van der Waals surface area contributed by atoms with Gasteiger partial charge in [0.1, 0.15) is 5.76 Å². The van der Waals surface area contributed by atoms with E-state index in [-0.39, 0.29) is 0 Å². The Kier molecular flexibility index (Phi) is 4.07. The first-order valence-electron chi connectivity index (χ1n) is 7.39. The quantitative estimate of drug-likeness (QED) is 0.832. The molecular weight excluding hydrogens is 248 g/mol. The highest BCUT2D eigenvalue weighted by atomic mass is 16.3. The molecule has 1 aromatic carbocycles. The highest BCUT2D eigenvalue weighted by Gasteiger charge is 2.29. The minimum absolute atomic E-state index is 0.749. The average molecular weight is 270 g/mol. The number of benzene rings is 1. The van der Waals surface area contributed by atoms with E-state index in [0.29, 0.717) is 0 Å². The van der Waals surface area contributed by atoms with Gasteiger partial charge in [0.2, 0.25) is 0 Å². The predicted molar refractivity (Wildman–Crippen MR) is 81.8 cm³/mol. The summed E-state index contributed by atoms with van der Waals surface area (Å²) in [7, 11) is 0. The van der Waals surface area contributed by atoms with Gasteiger partial charge in [-0.15, -0.1) is 0 Å². The largest absolute Gasteiger partial charge is 0.468 e. The number of para-hydroxylation sites is 1. The first kappa shape index (κ1) is 13.3. The van der Waals surface area contributed by atoms with E-state index in [4.69, 9.17) is 4.42 Å². The van der Waals surface area contributed by atoms with Gasteiger partial charge in [0.15, 0.2) is 0 Å². The van der Waals surface area contributed by atoms with Gasteiger partial charge < -0.3 is 9.73 Å². The summed E-state index contributed by atoms with van der Waals surface area (Å²) in [4.78, 5) is 2.52. The minimum atomic E-state index is 0.749.